The van der Waals surface area contributed by atoms with Gasteiger partial charge in [0, 0.05) is 19.1 Å². The lowest BCUT2D eigenvalue weighted by molar-refractivity contribution is 0.00141. The molecule has 2 atom stereocenters. The molecule has 3 aliphatic carbocycles. The maximum atomic E-state index is 6.25. The summed E-state index contributed by atoms with van der Waals surface area (Å²) >= 11 is 0. The first-order chi connectivity index (χ1) is 11.4. The summed E-state index contributed by atoms with van der Waals surface area (Å²) in [5.74, 6) is 3.11. The molecule has 0 spiro atoms. The molecular formula is C21H37NO. The Bertz CT molecular complexity index is 357. The van der Waals surface area contributed by atoms with Crippen LogP contribution in [0.2, 0.25) is 0 Å². The molecule has 4 rings (SSSR count). The van der Waals surface area contributed by atoms with Crippen molar-refractivity contribution in [3.8, 4) is 0 Å². The number of nitrogens with zero attached hydrogens (tertiary/aromatic N) is 1. The Morgan fingerprint density at radius 2 is 1.57 bits per heavy atom. The highest BCUT2D eigenvalue weighted by molar-refractivity contribution is 4.91. The molecule has 4 aliphatic rings. The Morgan fingerprint density at radius 1 is 0.783 bits per heavy atom. The summed E-state index contributed by atoms with van der Waals surface area (Å²) in [6, 6.07) is 0.912. The van der Waals surface area contributed by atoms with Gasteiger partial charge < -0.3 is 4.74 Å². The molecule has 0 aromatic heterocycles. The van der Waals surface area contributed by atoms with Crippen LogP contribution in [-0.2, 0) is 4.74 Å². The predicted octanol–water partition coefficient (Wildman–Crippen LogP) is 5.02. The van der Waals surface area contributed by atoms with E-state index in [9.17, 15) is 0 Å². The molecule has 2 unspecified atom stereocenters. The van der Waals surface area contributed by atoms with Gasteiger partial charge in [-0.1, -0.05) is 32.1 Å². The third kappa shape index (κ3) is 4.31. The van der Waals surface area contributed by atoms with E-state index in [2.05, 4.69) is 4.90 Å². The van der Waals surface area contributed by atoms with Crippen molar-refractivity contribution in [2.24, 2.45) is 17.8 Å². The molecule has 23 heavy (non-hydrogen) atoms. The third-order valence-electron chi connectivity index (χ3n) is 7.44. The van der Waals surface area contributed by atoms with Gasteiger partial charge in [-0.15, -0.1) is 0 Å². The van der Waals surface area contributed by atoms with Crippen LogP contribution in [-0.4, -0.2) is 36.7 Å². The minimum atomic E-state index is 0.581. The minimum Gasteiger partial charge on any atom is -0.377 e. The fraction of sp³-hybridized carbons (Fsp3) is 1.00. The van der Waals surface area contributed by atoms with Gasteiger partial charge in [-0.2, -0.15) is 0 Å². The molecule has 0 aromatic rings. The Kier molecular flexibility index (Phi) is 5.61. The first-order valence-corrected chi connectivity index (χ1v) is 10.7. The number of likely N-dealkylation sites (tertiary alicyclic amines) is 1. The fourth-order valence-corrected chi connectivity index (χ4v) is 6.07. The van der Waals surface area contributed by atoms with E-state index in [0.717, 1.165) is 30.4 Å². The molecule has 132 valence electrons. The summed E-state index contributed by atoms with van der Waals surface area (Å²) in [6.07, 6.45) is 19.6. The van der Waals surface area contributed by atoms with E-state index in [-0.39, 0.29) is 0 Å². The molecule has 0 N–H and O–H groups in total. The predicted molar refractivity (Wildman–Crippen MR) is 95.6 cm³/mol. The maximum Gasteiger partial charge on any atom is 0.0597 e. The molecule has 0 radical (unpaired) electrons. The van der Waals surface area contributed by atoms with E-state index < -0.39 is 0 Å². The normalized spacial score (nSPS) is 39.1. The molecule has 0 aromatic carbocycles. The van der Waals surface area contributed by atoms with E-state index in [1.807, 2.05) is 0 Å². The van der Waals surface area contributed by atoms with Gasteiger partial charge in [0.15, 0.2) is 0 Å². The number of hydrogen-bond donors (Lipinski definition) is 0. The molecule has 1 aliphatic heterocycles. The summed E-state index contributed by atoms with van der Waals surface area (Å²) < 4.78 is 6.25. The molecule has 0 amide bonds. The second-order valence-corrected chi connectivity index (χ2v) is 9.08. The van der Waals surface area contributed by atoms with E-state index >= 15 is 0 Å². The monoisotopic (exact) mass is 319 g/mol. The molecule has 4 fully saturated rings. The largest absolute Gasteiger partial charge is 0.377 e. The van der Waals surface area contributed by atoms with Crippen molar-refractivity contribution in [2.75, 3.05) is 19.7 Å². The van der Waals surface area contributed by atoms with Crippen molar-refractivity contribution >= 4 is 0 Å². The van der Waals surface area contributed by atoms with Crippen LogP contribution in [0.15, 0.2) is 0 Å². The Morgan fingerprint density at radius 3 is 2.26 bits per heavy atom. The average molecular weight is 320 g/mol. The van der Waals surface area contributed by atoms with Crippen LogP contribution < -0.4 is 0 Å². The lowest BCUT2D eigenvalue weighted by atomic mass is 9.77. The van der Waals surface area contributed by atoms with E-state index in [1.165, 1.54) is 96.6 Å². The summed E-state index contributed by atoms with van der Waals surface area (Å²) in [6.45, 7) is 3.55. The van der Waals surface area contributed by atoms with Gasteiger partial charge in [-0.05, 0) is 69.1 Å². The van der Waals surface area contributed by atoms with E-state index in [4.69, 9.17) is 4.74 Å². The highest BCUT2D eigenvalue weighted by Crippen LogP contribution is 2.38. The second-order valence-electron chi connectivity index (χ2n) is 9.08. The third-order valence-corrected chi connectivity index (χ3v) is 7.44. The molecular weight excluding hydrogens is 282 g/mol. The Labute approximate surface area is 143 Å². The van der Waals surface area contributed by atoms with Crippen molar-refractivity contribution in [2.45, 2.75) is 95.6 Å². The van der Waals surface area contributed by atoms with Gasteiger partial charge >= 0.3 is 0 Å². The molecule has 2 bridgehead atoms. The van der Waals surface area contributed by atoms with Crippen LogP contribution in [0.3, 0.4) is 0 Å². The smallest absolute Gasteiger partial charge is 0.0597 e. The maximum absolute atomic E-state index is 6.25. The molecule has 1 heterocycles. The zero-order valence-corrected chi connectivity index (χ0v) is 15.1. The van der Waals surface area contributed by atoms with Crippen LogP contribution in [0, 0.1) is 17.8 Å². The van der Waals surface area contributed by atoms with Crippen molar-refractivity contribution < 1.29 is 4.74 Å². The second kappa shape index (κ2) is 7.87. The topological polar surface area (TPSA) is 12.5 Å². The number of hydrogen-bond acceptors (Lipinski definition) is 2. The van der Waals surface area contributed by atoms with Gasteiger partial charge in [-0.3, -0.25) is 4.90 Å². The van der Waals surface area contributed by atoms with Gasteiger partial charge in [0.05, 0.1) is 12.7 Å². The van der Waals surface area contributed by atoms with E-state index in [0.29, 0.717) is 6.10 Å². The van der Waals surface area contributed by atoms with Gasteiger partial charge in [0.2, 0.25) is 0 Å². The van der Waals surface area contributed by atoms with Crippen molar-refractivity contribution in [1.29, 1.82) is 0 Å². The van der Waals surface area contributed by atoms with Crippen molar-refractivity contribution in [1.82, 2.24) is 4.90 Å². The van der Waals surface area contributed by atoms with Crippen molar-refractivity contribution in [3.05, 3.63) is 0 Å². The lowest BCUT2D eigenvalue weighted by Gasteiger charge is -2.33. The molecule has 2 nitrogen and oxygen atoms in total. The number of fused-ring (bicyclic) bond motifs is 2. The van der Waals surface area contributed by atoms with Gasteiger partial charge in [0.25, 0.3) is 0 Å². The minimum absolute atomic E-state index is 0.581. The van der Waals surface area contributed by atoms with Crippen LogP contribution in [0.5, 0.6) is 0 Å². The van der Waals surface area contributed by atoms with Crippen LogP contribution in [0.4, 0.5) is 0 Å². The summed E-state index contributed by atoms with van der Waals surface area (Å²) in [5, 5.41) is 0. The van der Waals surface area contributed by atoms with E-state index in [1.54, 1.807) is 0 Å². The fourth-order valence-electron chi connectivity index (χ4n) is 6.07. The number of ether oxygens (including phenoxy) is 1. The van der Waals surface area contributed by atoms with Gasteiger partial charge in [0.1, 0.15) is 0 Å². The summed E-state index contributed by atoms with van der Waals surface area (Å²) in [7, 11) is 0. The first-order valence-electron chi connectivity index (χ1n) is 10.7. The summed E-state index contributed by atoms with van der Waals surface area (Å²) in [4.78, 5) is 2.71. The van der Waals surface area contributed by atoms with Crippen LogP contribution in [0.25, 0.3) is 0 Å². The van der Waals surface area contributed by atoms with Crippen LogP contribution in [0.1, 0.15) is 83.5 Å². The Hall–Kier alpha value is -0.0800. The highest BCUT2D eigenvalue weighted by atomic mass is 16.5. The lowest BCUT2D eigenvalue weighted by Crippen LogP contribution is -2.36. The average Bonchev–Trinajstić information content (AvgIpc) is 3.20. The standard InChI is InChI=1S/C21H37NO/c1-2-4-17(5-3-1)14-18-7-10-21(11-8-18)23-13-12-22-16-19-6-9-20(22)15-19/h17-21H,1-16H2. The zero-order chi connectivity index (χ0) is 15.5. The SMILES string of the molecule is C1CCC(CC2CCC(OCCN3CC4CCC3C4)CC2)CC1. The number of piperidine rings is 1. The molecule has 3 saturated carbocycles. The number of rotatable bonds is 6. The molecule has 2 heteroatoms. The Balaban J connectivity index is 1.09. The summed E-state index contributed by atoms with van der Waals surface area (Å²) in [5.41, 5.74) is 0. The van der Waals surface area contributed by atoms with Gasteiger partial charge in [-0.25, -0.2) is 0 Å². The quantitative estimate of drug-likeness (QED) is 0.682. The molecule has 1 saturated heterocycles. The highest BCUT2D eigenvalue weighted by Gasteiger charge is 2.37. The van der Waals surface area contributed by atoms with Crippen LogP contribution >= 0.6 is 0 Å². The van der Waals surface area contributed by atoms with Crippen molar-refractivity contribution in [3.63, 3.8) is 0 Å². The first kappa shape index (κ1) is 16.4. The zero-order valence-electron chi connectivity index (χ0n) is 15.1.